The first kappa shape index (κ1) is 14.1. The highest BCUT2D eigenvalue weighted by Gasteiger charge is 2.23. The zero-order chi connectivity index (χ0) is 14.8. The van der Waals surface area contributed by atoms with Crippen molar-refractivity contribution < 1.29 is 13.9 Å². The molecule has 0 saturated heterocycles. The summed E-state index contributed by atoms with van der Waals surface area (Å²) in [6, 6.07) is 0. The predicted octanol–water partition coefficient (Wildman–Crippen LogP) is 0.579. The molecule has 0 amide bonds. The third-order valence-corrected chi connectivity index (χ3v) is 2.38. The summed E-state index contributed by atoms with van der Waals surface area (Å²) in [5.74, 6) is 0.251. The maximum absolute atomic E-state index is 11.6. The Hall–Kier alpha value is -2.32. The first-order chi connectivity index (χ1) is 9.41. The van der Waals surface area contributed by atoms with Crippen molar-refractivity contribution >= 4 is 5.97 Å². The topological polar surface area (TPSA) is 109 Å². The molecule has 9 heteroatoms. The summed E-state index contributed by atoms with van der Waals surface area (Å²) < 4.78 is 11.6. The van der Waals surface area contributed by atoms with Gasteiger partial charge in [-0.1, -0.05) is 20.8 Å². The lowest BCUT2D eigenvalue weighted by Crippen LogP contribution is -2.15. The van der Waals surface area contributed by atoms with E-state index in [2.05, 4.69) is 25.7 Å². The number of aromatic nitrogens is 6. The fourth-order valence-corrected chi connectivity index (χ4v) is 1.40. The Morgan fingerprint density at radius 3 is 2.65 bits per heavy atom. The molecule has 108 valence electrons. The van der Waals surface area contributed by atoms with Gasteiger partial charge in [-0.3, -0.25) is 0 Å². The van der Waals surface area contributed by atoms with Crippen molar-refractivity contribution in [3.63, 3.8) is 0 Å². The Balaban J connectivity index is 2.17. The first-order valence-corrected chi connectivity index (χ1v) is 6.18. The van der Waals surface area contributed by atoms with Crippen LogP contribution in [0.3, 0.4) is 0 Å². The summed E-state index contributed by atoms with van der Waals surface area (Å²) in [6.45, 7) is 7.96. The molecule has 0 atom stereocenters. The van der Waals surface area contributed by atoms with Crippen LogP contribution in [-0.2, 0) is 16.7 Å². The van der Waals surface area contributed by atoms with Gasteiger partial charge in [0.15, 0.2) is 0 Å². The molecule has 0 aliphatic rings. The van der Waals surface area contributed by atoms with E-state index in [4.69, 9.17) is 9.15 Å². The molecule has 0 radical (unpaired) electrons. The lowest BCUT2D eigenvalue weighted by atomic mass is 9.97. The van der Waals surface area contributed by atoms with Gasteiger partial charge in [0.25, 0.3) is 5.82 Å². The summed E-state index contributed by atoms with van der Waals surface area (Å²) in [4.78, 5) is 11.6. The molecule has 20 heavy (non-hydrogen) atoms. The molecule has 0 aromatic carbocycles. The number of nitrogens with zero attached hydrogens (tertiary/aromatic N) is 6. The molecule has 2 aromatic rings. The quantitative estimate of drug-likeness (QED) is 0.748. The van der Waals surface area contributed by atoms with Crippen LogP contribution in [0.1, 0.15) is 50.1 Å². The Labute approximate surface area is 115 Å². The second-order valence-electron chi connectivity index (χ2n) is 5.13. The predicted molar refractivity (Wildman–Crippen MR) is 65.9 cm³/mol. The molecule has 0 spiro atoms. The van der Waals surface area contributed by atoms with E-state index < -0.39 is 5.97 Å². The van der Waals surface area contributed by atoms with Gasteiger partial charge in [-0.15, -0.1) is 15.3 Å². The van der Waals surface area contributed by atoms with Crippen LogP contribution in [0.15, 0.2) is 4.42 Å². The Kier molecular flexibility index (Phi) is 3.77. The Morgan fingerprint density at radius 2 is 2.05 bits per heavy atom. The van der Waals surface area contributed by atoms with Gasteiger partial charge in [0.2, 0.25) is 11.8 Å². The molecule has 0 aliphatic carbocycles. The molecule has 0 fully saturated rings. The average molecular weight is 280 g/mol. The van der Waals surface area contributed by atoms with Crippen LogP contribution in [0, 0.1) is 0 Å². The third-order valence-electron chi connectivity index (χ3n) is 2.38. The molecule has 0 N–H and O–H groups in total. The largest absolute Gasteiger partial charge is 0.460 e. The molecule has 0 unspecified atom stereocenters. The highest BCUT2D eigenvalue weighted by molar-refractivity contribution is 5.85. The minimum atomic E-state index is -0.590. The van der Waals surface area contributed by atoms with Crippen molar-refractivity contribution in [2.75, 3.05) is 6.61 Å². The number of ether oxygens (including phenoxy) is 1. The van der Waals surface area contributed by atoms with Gasteiger partial charge in [0, 0.05) is 5.41 Å². The van der Waals surface area contributed by atoms with Crippen LogP contribution in [0.4, 0.5) is 0 Å². The highest BCUT2D eigenvalue weighted by Crippen LogP contribution is 2.20. The van der Waals surface area contributed by atoms with Crippen LogP contribution >= 0.6 is 0 Å². The van der Waals surface area contributed by atoms with E-state index in [-0.39, 0.29) is 24.4 Å². The van der Waals surface area contributed by atoms with Crippen molar-refractivity contribution in [1.82, 2.24) is 30.4 Å². The Bertz CT molecular complexity index is 597. The molecule has 0 aliphatic heterocycles. The summed E-state index contributed by atoms with van der Waals surface area (Å²) in [6.07, 6.45) is 0. The SMILES string of the molecule is CCOC(=O)c1nnnn1Cc1nnc(C(C)(C)C)o1. The number of esters is 1. The van der Waals surface area contributed by atoms with E-state index in [1.807, 2.05) is 20.8 Å². The summed E-state index contributed by atoms with van der Waals surface area (Å²) in [5.41, 5.74) is -0.240. The van der Waals surface area contributed by atoms with Gasteiger partial charge in [-0.25, -0.2) is 9.48 Å². The summed E-state index contributed by atoms with van der Waals surface area (Å²) >= 11 is 0. The standard InChI is InChI=1S/C11H16N6O3/c1-5-19-9(18)8-13-15-16-17(8)6-7-12-14-10(20-7)11(2,3)4/h5-6H2,1-4H3. The molecule has 0 saturated carbocycles. The summed E-state index contributed by atoms with van der Waals surface area (Å²) in [5, 5.41) is 18.7. The Morgan fingerprint density at radius 1 is 1.30 bits per heavy atom. The van der Waals surface area contributed by atoms with Gasteiger partial charge in [-0.2, -0.15) is 0 Å². The van der Waals surface area contributed by atoms with Crippen molar-refractivity contribution in [3.05, 3.63) is 17.6 Å². The van der Waals surface area contributed by atoms with Crippen LogP contribution in [0.2, 0.25) is 0 Å². The maximum atomic E-state index is 11.6. The van der Waals surface area contributed by atoms with E-state index in [1.54, 1.807) is 6.92 Å². The second-order valence-corrected chi connectivity index (χ2v) is 5.13. The fraction of sp³-hybridized carbons (Fsp3) is 0.636. The van der Waals surface area contributed by atoms with E-state index >= 15 is 0 Å². The van der Waals surface area contributed by atoms with Gasteiger partial charge in [0.05, 0.1) is 6.61 Å². The number of hydrogen-bond acceptors (Lipinski definition) is 8. The number of tetrazole rings is 1. The van der Waals surface area contributed by atoms with E-state index in [0.29, 0.717) is 11.8 Å². The average Bonchev–Trinajstić information content (AvgIpc) is 2.98. The second kappa shape index (κ2) is 5.35. The van der Waals surface area contributed by atoms with Crippen LogP contribution in [-0.4, -0.2) is 43.0 Å². The van der Waals surface area contributed by atoms with Crippen LogP contribution in [0.5, 0.6) is 0 Å². The first-order valence-electron chi connectivity index (χ1n) is 6.18. The molecule has 9 nitrogen and oxygen atoms in total. The minimum Gasteiger partial charge on any atom is -0.460 e. The molecule has 2 heterocycles. The molecular formula is C11H16N6O3. The van der Waals surface area contributed by atoms with Gasteiger partial charge >= 0.3 is 5.97 Å². The monoisotopic (exact) mass is 280 g/mol. The molecule has 2 rings (SSSR count). The maximum Gasteiger partial charge on any atom is 0.378 e. The van der Waals surface area contributed by atoms with Crippen molar-refractivity contribution in [2.24, 2.45) is 0 Å². The number of hydrogen-bond donors (Lipinski definition) is 0. The zero-order valence-corrected chi connectivity index (χ0v) is 11.8. The number of rotatable bonds is 4. The lowest BCUT2D eigenvalue weighted by Gasteiger charge is -2.10. The van der Waals surface area contributed by atoms with Gasteiger partial charge in [0.1, 0.15) is 6.54 Å². The lowest BCUT2D eigenvalue weighted by molar-refractivity contribution is 0.0504. The fourth-order valence-electron chi connectivity index (χ4n) is 1.40. The van der Waals surface area contributed by atoms with Crippen LogP contribution in [0.25, 0.3) is 0 Å². The smallest absolute Gasteiger partial charge is 0.378 e. The van der Waals surface area contributed by atoms with Gasteiger partial charge < -0.3 is 9.15 Å². The molecule has 2 aromatic heterocycles. The minimum absolute atomic E-state index is 0.00218. The molecule has 0 bridgehead atoms. The molecular weight excluding hydrogens is 264 g/mol. The van der Waals surface area contributed by atoms with E-state index in [0.717, 1.165) is 0 Å². The van der Waals surface area contributed by atoms with Crippen molar-refractivity contribution in [2.45, 2.75) is 39.7 Å². The van der Waals surface area contributed by atoms with Crippen molar-refractivity contribution in [3.8, 4) is 0 Å². The summed E-state index contributed by atoms with van der Waals surface area (Å²) in [7, 11) is 0. The van der Waals surface area contributed by atoms with Crippen molar-refractivity contribution in [1.29, 1.82) is 0 Å². The normalized spacial score (nSPS) is 11.6. The van der Waals surface area contributed by atoms with E-state index in [9.17, 15) is 4.79 Å². The van der Waals surface area contributed by atoms with Crippen LogP contribution < -0.4 is 0 Å². The highest BCUT2D eigenvalue weighted by atomic mass is 16.5. The number of carbonyl (C=O) groups is 1. The van der Waals surface area contributed by atoms with E-state index in [1.165, 1.54) is 4.68 Å². The van der Waals surface area contributed by atoms with Gasteiger partial charge in [-0.05, 0) is 17.4 Å². The third kappa shape index (κ3) is 2.98. The number of carbonyl (C=O) groups excluding carboxylic acids is 1. The zero-order valence-electron chi connectivity index (χ0n) is 11.8.